The molecule has 0 aliphatic heterocycles. The number of anilines is 1. The summed E-state index contributed by atoms with van der Waals surface area (Å²) in [6.07, 6.45) is 0. The summed E-state index contributed by atoms with van der Waals surface area (Å²) in [6, 6.07) is 8.47. The van der Waals surface area contributed by atoms with Crippen molar-refractivity contribution >= 4 is 27.5 Å². The Hall–Kier alpha value is -1.75. The van der Waals surface area contributed by atoms with Gasteiger partial charge in [0.1, 0.15) is 0 Å². The van der Waals surface area contributed by atoms with Crippen molar-refractivity contribution in [3.05, 3.63) is 63.6 Å². The van der Waals surface area contributed by atoms with Gasteiger partial charge >= 0.3 is 0 Å². The molecular formula is C14H10BrF2NO. The van der Waals surface area contributed by atoms with Crippen molar-refractivity contribution in [3.63, 3.8) is 0 Å². The van der Waals surface area contributed by atoms with E-state index < -0.39 is 11.6 Å². The molecule has 0 saturated heterocycles. The molecule has 0 fully saturated rings. The molecule has 5 heteroatoms. The maximum atomic E-state index is 13.0. The van der Waals surface area contributed by atoms with Crippen LogP contribution >= 0.6 is 15.9 Å². The van der Waals surface area contributed by atoms with E-state index in [1.165, 1.54) is 6.07 Å². The topological polar surface area (TPSA) is 29.1 Å². The molecule has 2 nitrogen and oxygen atoms in total. The number of hydrogen-bond acceptors (Lipinski definition) is 1. The summed E-state index contributed by atoms with van der Waals surface area (Å²) in [5, 5.41) is 2.52. The molecule has 19 heavy (non-hydrogen) atoms. The van der Waals surface area contributed by atoms with Gasteiger partial charge in [-0.15, -0.1) is 0 Å². The van der Waals surface area contributed by atoms with E-state index in [9.17, 15) is 13.6 Å². The highest BCUT2D eigenvalue weighted by atomic mass is 79.9. The van der Waals surface area contributed by atoms with Gasteiger partial charge in [-0.3, -0.25) is 4.79 Å². The van der Waals surface area contributed by atoms with Gasteiger partial charge in [0.2, 0.25) is 0 Å². The van der Waals surface area contributed by atoms with Gasteiger partial charge in [-0.25, -0.2) is 8.78 Å². The highest BCUT2D eigenvalue weighted by Gasteiger charge is 2.12. The smallest absolute Gasteiger partial charge is 0.256 e. The lowest BCUT2D eigenvalue weighted by Crippen LogP contribution is -2.13. The number of rotatable bonds is 2. The number of nitrogens with one attached hydrogen (secondary N) is 1. The Morgan fingerprint density at radius 2 is 1.89 bits per heavy atom. The summed E-state index contributed by atoms with van der Waals surface area (Å²) in [7, 11) is 0. The zero-order valence-electron chi connectivity index (χ0n) is 10.0. The van der Waals surface area contributed by atoms with Gasteiger partial charge in [0.25, 0.3) is 5.91 Å². The monoisotopic (exact) mass is 325 g/mol. The van der Waals surface area contributed by atoms with Gasteiger partial charge in [0.05, 0.1) is 5.56 Å². The predicted octanol–water partition coefficient (Wildman–Crippen LogP) is 4.29. The van der Waals surface area contributed by atoms with Crippen LogP contribution in [0.15, 0.2) is 40.9 Å². The van der Waals surface area contributed by atoms with E-state index in [4.69, 9.17) is 0 Å². The fraction of sp³-hybridized carbons (Fsp3) is 0.0714. The molecule has 1 amide bonds. The maximum absolute atomic E-state index is 13.0. The third-order valence-corrected chi connectivity index (χ3v) is 3.67. The van der Waals surface area contributed by atoms with Crippen molar-refractivity contribution in [2.24, 2.45) is 0 Å². The molecule has 2 rings (SSSR count). The molecule has 0 atom stereocenters. The highest BCUT2D eigenvalue weighted by Crippen LogP contribution is 2.22. The highest BCUT2D eigenvalue weighted by molar-refractivity contribution is 9.10. The minimum Gasteiger partial charge on any atom is -0.322 e. The summed E-state index contributed by atoms with van der Waals surface area (Å²) in [5.74, 6) is -2.34. The number of amides is 1. The average molecular weight is 326 g/mol. The van der Waals surface area contributed by atoms with Gasteiger partial charge < -0.3 is 5.32 Å². The molecule has 0 heterocycles. The second-order valence-electron chi connectivity index (χ2n) is 4.02. The fourth-order valence-corrected chi connectivity index (χ4v) is 2.04. The molecule has 0 aliphatic carbocycles. The van der Waals surface area contributed by atoms with Crippen LogP contribution in [0.4, 0.5) is 14.5 Å². The van der Waals surface area contributed by atoms with Crippen LogP contribution in [0.5, 0.6) is 0 Å². The van der Waals surface area contributed by atoms with Gasteiger partial charge in [-0.05, 0) is 46.6 Å². The van der Waals surface area contributed by atoms with Crippen LogP contribution < -0.4 is 5.32 Å². The number of halogens is 3. The molecule has 1 N–H and O–H groups in total. The molecule has 98 valence electrons. The van der Waals surface area contributed by atoms with Crippen LogP contribution in [0.2, 0.25) is 0 Å². The number of carbonyl (C=O) groups excluding carboxylic acids is 1. The largest absolute Gasteiger partial charge is 0.322 e. The normalized spacial score (nSPS) is 10.3. The predicted molar refractivity (Wildman–Crippen MR) is 73.2 cm³/mol. The zero-order valence-corrected chi connectivity index (χ0v) is 11.6. The Balaban J connectivity index is 2.26. The molecule has 0 bridgehead atoms. The molecule has 0 saturated carbocycles. The Labute approximate surface area is 117 Å². The number of carbonyl (C=O) groups is 1. The van der Waals surface area contributed by atoms with Crippen molar-refractivity contribution in [3.8, 4) is 0 Å². The Bertz CT molecular complexity index is 643. The lowest BCUT2D eigenvalue weighted by molar-refractivity contribution is 0.102. The third kappa shape index (κ3) is 2.98. The van der Waals surface area contributed by atoms with Crippen molar-refractivity contribution in [1.82, 2.24) is 0 Å². The third-order valence-electron chi connectivity index (χ3n) is 2.61. The number of hydrogen-bond donors (Lipinski definition) is 1. The minimum atomic E-state index is -0.999. The van der Waals surface area contributed by atoms with E-state index in [0.717, 1.165) is 17.7 Å². The Kier molecular flexibility index (Phi) is 3.95. The summed E-state index contributed by atoms with van der Waals surface area (Å²) >= 11 is 3.33. The van der Waals surface area contributed by atoms with Gasteiger partial charge in [-0.1, -0.05) is 12.1 Å². The second-order valence-corrected chi connectivity index (χ2v) is 4.81. The SMILES string of the molecule is Cc1cccc(C(=O)Nc2ccc(F)c(F)c2)c1Br. The Morgan fingerprint density at radius 1 is 1.16 bits per heavy atom. The van der Waals surface area contributed by atoms with Gasteiger partial charge in [0, 0.05) is 16.2 Å². The molecule has 0 radical (unpaired) electrons. The van der Waals surface area contributed by atoms with Crippen LogP contribution in [-0.2, 0) is 0 Å². The van der Waals surface area contributed by atoms with Gasteiger partial charge in [0.15, 0.2) is 11.6 Å². The molecule has 2 aromatic rings. The van der Waals surface area contributed by atoms with Crippen LogP contribution in [0.25, 0.3) is 0 Å². The second kappa shape index (κ2) is 5.48. The summed E-state index contributed by atoms with van der Waals surface area (Å²) < 4.78 is 26.5. The molecule has 0 aromatic heterocycles. The first-order chi connectivity index (χ1) is 8.99. The van der Waals surface area contributed by atoms with Crippen molar-refractivity contribution in [2.45, 2.75) is 6.92 Å². The molecule has 0 aliphatic rings. The fourth-order valence-electron chi connectivity index (χ4n) is 1.60. The quantitative estimate of drug-likeness (QED) is 0.876. The number of benzene rings is 2. The van der Waals surface area contributed by atoms with Crippen molar-refractivity contribution < 1.29 is 13.6 Å². The van der Waals surface area contributed by atoms with E-state index >= 15 is 0 Å². The van der Waals surface area contributed by atoms with Crippen LogP contribution in [0, 0.1) is 18.6 Å². The van der Waals surface area contributed by atoms with E-state index in [1.54, 1.807) is 12.1 Å². The van der Waals surface area contributed by atoms with Crippen LogP contribution in [-0.4, -0.2) is 5.91 Å². The zero-order chi connectivity index (χ0) is 14.0. The lowest BCUT2D eigenvalue weighted by Gasteiger charge is -2.08. The Morgan fingerprint density at radius 3 is 2.58 bits per heavy atom. The van der Waals surface area contributed by atoms with Crippen molar-refractivity contribution in [1.29, 1.82) is 0 Å². The molecule has 0 spiro atoms. The maximum Gasteiger partial charge on any atom is 0.256 e. The van der Waals surface area contributed by atoms with Crippen molar-refractivity contribution in [2.75, 3.05) is 5.32 Å². The van der Waals surface area contributed by atoms with E-state index in [-0.39, 0.29) is 11.6 Å². The lowest BCUT2D eigenvalue weighted by atomic mass is 10.1. The van der Waals surface area contributed by atoms with E-state index in [0.29, 0.717) is 10.0 Å². The molecular weight excluding hydrogens is 316 g/mol. The first-order valence-corrected chi connectivity index (χ1v) is 6.30. The molecule has 2 aromatic carbocycles. The van der Waals surface area contributed by atoms with Crippen LogP contribution in [0.1, 0.15) is 15.9 Å². The first-order valence-electron chi connectivity index (χ1n) is 5.50. The first kappa shape index (κ1) is 13.7. The van der Waals surface area contributed by atoms with E-state index in [2.05, 4.69) is 21.2 Å². The minimum absolute atomic E-state index is 0.206. The summed E-state index contributed by atoms with van der Waals surface area (Å²) in [6.45, 7) is 1.86. The molecule has 0 unspecified atom stereocenters. The average Bonchev–Trinajstić information content (AvgIpc) is 2.37. The summed E-state index contributed by atoms with van der Waals surface area (Å²) in [5.41, 5.74) is 1.56. The standard InChI is InChI=1S/C14H10BrF2NO/c1-8-3-2-4-10(13(8)15)14(19)18-9-5-6-11(16)12(17)7-9/h2-7H,1H3,(H,18,19). The van der Waals surface area contributed by atoms with Gasteiger partial charge in [-0.2, -0.15) is 0 Å². The summed E-state index contributed by atoms with van der Waals surface area (Å²) in [4.78, 5) is 12.0. The van der Waals surface area contributed by atoms with Crippen LogP contribution in [0.3, 0.4) is 0 Å². The number of aryl methyl sites for hydroxylation is 1. The van der Waals surface area contributed by atoms with E-state index in [1.807, 2.05) is 13.0 Å².